The fourth-order valence-corrected chi connectivity index (χ4v) is 5.35. The molecule has 2 aliphatic heterocycles. The summed E-state index contributed by atoms with van der Waals surface area (Å²) in [5.74, 6) is -1.52. The maximum absolute atomic E-state index is 13.2. The summed E-state index contributed by atoms with van der Waals surface area (Å²) < 4.78 is 11.7. The number of aryl methyl sites for hydroxylation is 1. The Hall–Kier alpha value is -1.61. The highest BCUT2D eigenvalue weighted by atomic mass is 32.1. The highest BCUT2D eigenvalue weighted by molar-refractivity contribution is 7.09. The minimum atomic E-state index is -1.22. The number of carbonyl (C=O) groups excluding carboxylic acids is 2. The van der Waals surface area contributed by atoms with E-state index in [1.807, 2.05) is 32.2 Å². The van der Waals surface area contributed by atoms with Crippen LogP contribution in [0.2, 0.25) is 0 Å². The van der Waals surface area contributed by atoms with Crippen LogP contribution in [-0.4, -0.2) is 57.5 Å². The average molecular weight is 494 g/mol. The fourth-order valence-electron chi connectivity index (χ4n) is 4.78. The average Bonchev–Trinajstić information content (AvgIpc) is 3.38. The molecule has 3 rings (SSSR count). The van der Waals surface area contributed by atoms with Gasteiger partial charge in [-0.05, 0) is 44.3 Å². The summed E-state index contributed by atoms with van der Waals surface area (Å²) in [7, 11) is 0. The van der Waals surface area contributed by atoms with Crippen LogP contribution in [0.15, 0.2) is 11.0 Å². The normalized spacial score (nSPS) is 36.0. The van der Waals surface area contributed by atoms with Crippen LogP contribution in [0.1, 0.15) is 77.4 Å². The number of hydrogen-bond acceptors (Lipinski definition) is 8. The van der Waals surface area contributed by atoms with E-state index in [0.717, 1.165) is 35.5 Å². The highest BCUT2D eigenvalue weighted by Crippen LogP contribution is 2.36. The first-order chi connectivity index (χ1) is 15.9. The zero-order valence-corrected chi connectivity index (χ0v) is 21.9. The summed E-state index contributed by atoms with van der Waals surface area (Å²) in [5.41, 5.74) is 0.494. The second kappa shape index (κ2) is 11.0. The van der Waals surface area contributed by atoms with Crippen LogP contribution in [0.3, 0.4) is 0 Å². The number of Topliss-reactive ketones (excluding diaryl/α,β-unsaturated/α-hetero) is 1. The van der Waals surface area contributed by atoms with E-state index in [1.54, 1.807) is 32.1 Å². The van der Waals surface area contributed by atoms with Gasteiger partial charge in [0.25, 0.3) is 0 Å². The van der Waals surface area contributed by atoms with Crippen molar-refractivity contribution in [2.24, 2.45) is 17.3 Å². The summed E-state index contributed by atoms with van der Waals surface area (Å²) in [6.07, 6.45) is 2.28. The lowest BCUT2D eigenvalue weighted by Gasteiger charge is -2.34. The molecule has 0 spiro atoms. The topological polar surface area (TPSA) is 109 Å². The molecular formula is C26H39NO6S. The number of ether oxygens (including phenoxy) is 2. The van der Waals surface area contributed by atoms with Crippen molar-refractivity contribution < 1.29 is 29.3 Å². The van der Waals surface area contributed by atoms with Crippen molar-refractivity contribution in [2.75, 3.05) is 0 Å². The Morgan fingerprint density at radius 2 is 1.91 bits per heavy atom. The van der Waals surface area contributed by atoms with Gasteiger partial charge in [-0.3, -0.25) is 9.59 Å². The van der Waals surface area contributed by atoms with Gasteiger partial charge in [-0.25, -0.2) is 4.98 Å². The minimum Gasteiger partial charge on any atom is -0.458 e. The third-order valence-corrected chi connectivity index (χ3v) is 8.20. The molecule has 2 fully saturated rings. The van der Waals surface area contributed by atoms with Gasteiger partial charge in [0.1, 0.15) is 11.9 Å². The lowest BCUT2D eigenvalue weighted by atomic mass is 9.73. The Morgan fingerprint density at radius 3 is 2.56 bits per heavy atom. The maximum atomic E-state index is 13.2. The van der Waals surface area contributed by atoms with Gasteiger partial charge >= 0.3 is 5.97 Å². The molecule has 3 heterocycles. The molecule has 0 aromatic carbocycles. The summed E-state index contributed by atoms with van der Waals surface area (Å²) in [4.78, 5) is 30.5. The van der Waals surface area contributed by atoms with Crippen molar-refractivity contribution in [3.8, 4) is 0 Å². The Kier molecular flexibility index (Phi) is 8.71. The van der Waals surface area contributed by atoms with E-state index >= 15 is 0 Å². The Morgan fingerprint density at radius 1 is 1.21 bits per heavy atom. The van der Waals surface area contributed by atoms with Crippen LogP contribution in [0.4, 0.5) is 0 Å². The van der Waals surface area contributed by atoms with Crippen LogP contribution in [-0.2, 0) is 19.1 Å². The highest BCUT2D eigenvalue weighted by Gasteiger charge is 2.44. The molecular weight excluding hydrogens is 454 g/mol. The molecule has 34 heavy (non-hydrogen) atoms. The van der Waals surface area contributed by atoms with Crippen molar-refractivity contribution in [1.82, 2.24) is 4.98 Å². The third-order valence-electron chi connectivity index (χ3n) is 7.41. The monoisotopic (exact) mass is 493 g/mol. The Bertz CT molecular complexity index is 909. The summed E-state index contributed by atoms with van der Waals surface area (Å²) in [6, 6.07) is 0. The molecule has 0 aliphatic carbocycles. The number of rotatable bonds is 2. The van der Waals surface area contributed by atoms with Crippen LogP contribution in [0.25, 0.3) is 6.08 Å². The van der Waals surface area contributed by atoms with E-state index in [2.05, 4.69) is 4.98 Å². The van der Waals surface area contributed by atoms with Gasteiger partial charge in [0.15, 0.2) is 0 Å². The third kappa shape index (κ3) is 6.53. The zero-order chi connectivity index (χ0) is 25.2. The van der Waals surface area contributed by atoms with Crippen LogP contribution >= 0.6 is 11.3 Å². The first-order valence-corrected chi connectivity index (χ1v) is 13.1. The molecule has 7 nitrogen and oxygen atoms in total. The van der Waals surface area contributed by atoms with E-state index < -0.39 is 35.6 Å². The lowest BCUT2D eigenvalue weighted by Crippen LogP contribution is -2.45. The molecule has 1 aromatic rings. The Balaban J connectivity index is 1.81. The fraction of sp³-hybridized carbons (Fsp3) is 0.731. The number of aliphatic hydroxyl groups is 2. The summed E-state index contributed by atoms with van der Waals surface area (Å²) in [6.45, 7) is 10.8. The molecule has 0 saturated carbocycles. The quantitative estimate of drug-likeness (QED) is 0.472. The smallest absolute Gasteiger partial charge is 0.309 e. The van der Waals surface area contributed by atoms with Gasteiger partial charge in [0, 0.05) is 17.7 Å². The molecule has 7 atom stereocenters. The van der Waals surface area contributed by atoms with Gasteiger partial charge < -0.3 is 19.7 Å². The molecule has 1 aromatic heterocycles. The van der Waals surface area contributed by atoms with E-state index in [9.17, 15) is 19.8 Å². The molecule has 190 valence electrons. The molecule has 2 N–H and O–H groups in total. The first kappa shape index (κ1) is 27.0. The maximum Gasteiger partial charge on any atom is 0.309 e. The molecule has 0 amide bonds. The molecule has 2 saturated heterocycles. The molecule has 0 bridgehead atoms. The summed E-state index contributed by atoms with van der Waals surface area (Å²) >= 11 is 1.56. The van der Waals surface area contributed by atoms with E-state index in [1.165, 1.54) is 0 Å². The largest absolute Gasteiger partial charge is 0.458 e. The van der Waals surface area contributed by atoms with Gasteiger partial charge in [-0.1, -0.05) is 34.1 Å². The predicted octanol–water partition coefficient (Wildman–Crippen LogP) is 4.09. The minimum absolute atomic E-state index is 0.00770. The second-order valence-electron chi connectivity index (χ2n) is 10.6. The molecule has 0 radical (unpaired) electrons. The van der Waals surface area contributed by atoms with Crippen molar-refractivity contribution >= 4 is 29.2 Å². The van der Waals surface area contributed by atoms with Gasteiger partial charge in [-0.2, -0.15) is 0 Å². The number of carbonyl (C=O) groups is 2. The van der Waals surface area contributed by atoms with Gasteiger partial charge in [0.2, 0.25) is 0 Å². The van der Waals surface area contributed by atoms with Crippen molar-refractivity contribution in [1.29, 1.82) is 0 Å². The van der Waals surface area contributed by atoms with Crippen molar-refractivity contribution in [3.05, 3.63) is 21.7 Å². The lowest BCUT2D eigenvalue weighted by molar-refractivity contribution is -0.154. The predicted molar refractivity (Wildman–Crippen MR) is 131 cm³/mol. The molecule has 0 unspecified atom stereocenters. The zero-order valence-electron chi connectivity index (χ0n) is 21.1. The van der Waals surface area contributed by atoms with Crippen LogP contribution in [0, 0.1) is 24.2 Å². The number of aromatic nitrogens is 1. The standard InChI is InChI=1S/C26H39NO6S/c1-14-8-7-9-19-21(32-19)11-20(15(2)10-18-13-34-17(4)27-18)33-23(29)12-22(28)26(5,6)25(31)16(3)24(14)30/h10,13-14,16,19-22,24,28,30H,7-9,11-12H2,1-6H3/b15-10+/t14-,16+,19+,20+,21-,22-,24-/m0/s1. The van der Waals surface area contributed by atoms with E-state index in [-0.39, 0.29) is 30.3 Å². The van der Waals surface area contributed by atoms with Gasteiger partial charge in [-0.15, -0.1) is 11.3 Å². The first-order valence-electron chi connectivity index (χ1n) is 12.3. The SMILES string of the molecule is C/C(=C\c1csc(C)n1)[C@H]1C[C@@H]2O[C@@H]2CCC[C@H](C)[C@H](O)[C@@H](C)C(=O)C(C)(C)[C@@H](O)CC(=O)O1. The van der Waals surface area contributed by atoms with E-state index in [0.29, 0.717) is 6.42 Å². The number of cyclic esters (lactones) is 1. The number of ketones is 1. The number of hydrogen-bond donors (Lipinski definition) is 2. The van der Waals surface area contributed by atoms with Crippen LogP contribution < -0.4 is 0 Å². The van der Waals surface area contributed by atoms with Crippen molar-refractivity contribution in [3.63, 3.8) is 0 Å². The second-order valence-corrected chi connectivity index (χ2v) is 11.7. The summed E-state index contributed by atoms with van der Waals surface area (Å²) in [5, 5.41) is 24.5. The van der Waals surface area contributed by atoms with E-state index in [4.69, 9.17) is 9.47 Å². The van der Waals surface area contributed by atoms with Crippen molar-refractivity contribution in [2.45, 2.75) is 104 Å². The Labute approximate surface area is 206 Å². The number of thiazole rings is 1. The molecule has 2 aliphatic rings. The number of epoxide rings is 1. The van der Waals surface area contributed by atoms with Gasteiger partial charge in [0.05, 0.1) is 47.0 Å². The molecule has 8 heteroatoms. The number of aliphatic hydroxyl groups excluding tert-OH is 2. The number of nitrogens with zero attached hydrogens (tertiary/aromatic N) is 1. The number of esters is 1. The number of fused-ring (bicyclic) bond motifs is 1. The van der Waals surface area contributed by atoms with Crippen LogP contribution in [0.5, 0.6) is 0 Å².